The van der Waals surface area contributed by atoms with E-state index in [9.17, 15) is 23.2 Å². The van der Waals surface area contributed by atoms with E-state index in [0.717, 1.165) is 53.4 Å². The molecule has 9 nitrogen and oxygen atoms in total. The van der Waals surface area contributed by atoms with Crippen LogP contribution in [0, 0.1) is 11.6 Å². The molecule has 2 heterocycles. The zero-order chi connectivity index (χ0) is 34.8. The molecule has 1 aromatic heterocycles. The minimum Gasteiger partial charge on any atom is -0.370 e. The number of hydrogen-bond donors (Lipinski definition) is 2. The van der Waals surface area contributed by atoms with Crippen molar-refractivity contribution in [1.82, 2.24) is 25.4 Å². The third kappa shape index (κ3) is 9.67. The first kappa shape index (κ1) is 35.6. The van der Waals surface area contributed by atoms with Gasteiger partial charge in [-0.1, -0.05) is 48.5 Å². The molecule has 2 N–H and O–H groups in total. The quantitative estimate of drug-likeness (QED) is 0.198. The van der Waals surface area contributed by atoms with Gasteiger partial charge in [-0.3, -0.25) is 19.4 Å². The van der Waals surface area contributed by atoms with Crippen molar-refractivity contribution in [3.05, 3.63) is 114 Å². The van der Waals surface area contributed by atoms with Crippen molar-refractivity contribution in [1.29, 1.82) is 0 Å². The molecule has 1 fully saturated rings. The highest BCUT2D eigenvalue weighted by Gasteiger charge is 2.35. The van der Waals surface area contributed by atoms with Crippen LogP contribution in [0.3, 0.4) is 0 Å². The largest absolute Gasteiger partial charge is 0.370 e. The van der Waals surface area contributed by atoms with Crippen molar-refractivity contribution in [2.24, 2.45) is 0 Å². The minimum absolute atomic E-state index is 0.0710. The lowest BCUT2D eigenvalue weighted by atomic mass is 9.98. The monoisotopic (exact) mass is 671 g/mol. The third-order valence-electron chi connectivity index (χ3n) is 9.09. The van der Waals surface area contributed by atoms with E-state index < -0.39 is 35.5 Å². The summed E-state index contributed by atoms with van der Waals surface area (Å²) >= 11 is 0. The van der Waals surface area contributed by atoms with Gasteiger partial charge >= 0.3 is 0 Å². The van der Waals surface area contributed by atoms with Crippen LogP contribution < -0.4 is 10.6 Å². The number of nitrogens with one attached hydrogen (secondary N) is 2. The Hall–Kier alpha value is -4.74. The summed E-state index contributed by atoms with van der Waals surface area (Å²) in [6.07, 6.45) is 6.00. The first-order chi connectivity index (χ1) is 23.7. The van der Waals surface area contributed by atoms with Crippen molar-refractivity contribution < 1.29 is 27.9 Å². The van der Waals surface area contributed by atoms with E-state index in [1.807, 2.05) is 54.6 Å². The van der Waals surface area contributed by atoms with E-state index in [1.165, 1.54) is 22.9 Å². The summed E-state index contributed by atoms with van der Waals surface area (Å²) in [7, 11) is 3.07. The lowest BCUT2D eigenvalue weighted by Gasteiger charge is -2.34. The minimum atomic E-state index is -1.08. The number of hydrogen-bond acceptors (Lipinski definition) is 6. The SMILES string of the molecule is CN(C(=O)COC[C@@H]1CCCN1)[C@H](Cc1ccc2ccccc2c1)C(=O)N(C)[C@H](Cc1ccc(F)c(F)c1)C(=O)NCCc1ccncc1. The van der Waals surface area contributed by atoms with E-state index in [1.54, 1.807) is 19.4 Å². The fourth-order valence-electron chi connectivity index (χ4n) is 6.12. The third-order valence-corrected chi connectivity index (χ3v) is 9.09. The summed E-state index contributed by atoms with van der Waals surface area (Å²) in [6.45, 7) is 1.39. The maximum Gasteiger partial charge on any atom is 0.249 e. The molecule has 4 aromatic rings. The van der Waals surface area contributed by atoms with E-state index in [-0.39, 0.29) is 37.9 Å². The number of rotatable bonds is 15. The van der Waals surface area contributed by atoms with Crippen molar-refractivity contribution in [2.75, 3.05) is 40.4 Å². The average molecular weight is 672 g/mol. The molecule has 258 valence electrons. The van der Waals surface area contributed by atoms with Gasteiger partial charge in [-0.15, -0.1) is 0 Å². The molecule has 0 radical (unpaired) electrons. The van der Waals surface area contributed by atoms with Crippen LogP contribution in [0.2, 0.25) is 0 Å². The van der Waals surface area contributed by atoms with Gasteiger partial charge in [0.05, 0.1) is 6.61 Å². The lowest BCUT2D eigenvalue weighted by molar-refractivity contribution is -0.149. The molecule has 0 spiro atoms. The Morgan fingerprint density at radius 3 is 2.33 bits per heavy atom. The maximum absolute atomic E-state index is 14.5. The van der Waals surface area contributed by atoms with Gasteiger partial charge in [0.2, 0.25) is 17.7 Å². The van der Waals surface area contributed by atoms with Crippen LogP contribution in [0.25, 0.3) is 10.8 Å². The van der Waals surface area contributed by atoms with E-state index in [2.05, 4.69) is 15.6 Å². The smallest absolute Gasteiger partial charge is 0.249 e. The van der Waals surface area contributed by atoms with Gasteiger partial charge in [0.15, 0.2) is 11.6 Å². The number of pyridine rings is 1. The first-order valence-electron chi connectivity index (χ1n) is 16.6. The number of benzene rings is 3. The summed E-state index contributed by atoms with van der Waals surface area (Å²) < 4.78 is 33.8. The molecule has 1 aliphatic rings. The molecular formula is C38H43F2N5O4. The van der Waals surface area contributed by atoms with Crippen molar-refractivity contribution >= 4 is 28.5 Å². The van der Waals surface area contributed by atoms with Gasteiger partial charge in [-0.05, 0) is 77.5 Å². The summed E-state index contributed by atoms with van der Waals surface area (Å²) in [5.74, 6) is -3.35. The molecule has 3 aromatic carbocycles. The number of halogens is 2. The number of carbonyl (C=O) groups is 3. The fraction of sp³-hybridized carbons (Fsp3) is 0.368. The topological polar surface area (TPSA) is 104 Å². The van der Waals surface area contributed by atoms with Gasteiger partial charge in [-0.2, -0.15) is 0 Å². The molecule has 3 amide bonds. The Labute approximate surface area is 285 Å². The molecule has 0 aliphatic carbocycles. The normalized spacial score (nSPS) is 15.5. The number of likely N-dealkylation sites (N-methyl/N-ethyl adjacent to an activating group) is 2. The molecule has 0 saturated carbocycles. The number of amides is 3. The molecule has 11 heteroatoms. The van der Waals surface area contributed by atoms with E-state index >= 15 is 0 Å². The molecule has 3 atom stereocenters. The van der Waals surface area contributed by atoms with Gasteiger partial charge in [0, 0.05) is 51.9 Å². The van der Waals surface area contributed by atoms with Crippen LogP contribution >= 0.6 is 0 Å². The van der Waals surface area contributed by atoms with Crippen LogP contribution in [0.5, 0.6) is 0 Å². The number of ether oxygens (including phenoxy) is 1. The molecule has 1 saturated heterocycles. The van der Waals surface area contributed by atoms with Crippen LogP contribution in [-0.2, 0) is 38.4 Å². The highest BCUT2D eigenvalue weighted by atomic mass is 19.2. The maximum atomic E-state index is 14.5. The van der Waals surface area contributed by atoms with E-state index in [4.69, 9.17) is 4.74 Å². The zero-order valence-electron chi connectivity index (χ0n) is 27.9. The number of nitrogens with zero attached hydrogens (tertiary/aromatic N) is 3. The predicted octanol–water partition coefficient (Wildman–Crippen LogP) is 4.08. The summed E-state index contributed by atoms with van der Waals surface area (Å²) in [5.41, 5.74) is 2.15. The highest BCUT2D eigenvalue weighted by Crippen LogP contribution is 2.21. The predicted molar refractivity (Wildman–Crippen MR) is 184 cm³/mol. The lowest BCUT2D eigenvalue weighted by Crippen LogP contribution is -2.56. The van der Waals surface area contributed by atoms with Gasteiger partial charge < -0.3 is 25.2 Å². The van der Waals surface area contributed by atoms with Crippen LogP contribution in [-0.4, -0.2) is 91.0 Å². The number of aromatic nitrogens is 1. The standard InChI is InChI=1S/C38H43F2N5O4/c1-44(36(46)25-49-24-31-8-5-16-42-31)35(23-27-9-11-29-6-3-4-7-30(29)20-27)38(48)45(2)34(22-28-10-12-32(39)33(40)21-28)37(47)43-19-15-26-13-17-41-18-14-26/h3-4,6-7,9-14,17-18,20-21,31,34-35,42H,5,8,15-16,19,22-25H2,1-2H3,(H,43,47)/t31-,34+,35+/m0/s1. The van der Waals surface area contributed by atoms with Gasteiger partial charge in [0.1, 0.15) is 18.7 Å². The first-order valence-corrected chi connectivity index (χ1v) is 16.6. The van der Waals surface area contributed by atoms with Gasteiger partial charge in [-0.25, -0.2) is 8.78 Å². The Bertz CT molecular complexity index is 1730. The molecule has 0 unspecified atom stereocenters. The second-order valence-corrected chi connectivity index (χ2v) is 12.5. The van der Waals surface area contributed by atoms with Gasteiger partial charge in [0.25, 0.3) is 0 Å². The molecule has 49 heavy (non-hydrogen) atoms. The summed E-state index contributed by atoms with van der Waals surface area (Å²) in [4.78, 5) is 48.4. The fourth-order valence-corrected chi connectivity index (χ4v) is 6.12. The van der Waals surface area contributed by atoms with Crippen molar-refractivity contribution in [3.63, 3.8) is 0 Å². The Morgan fingerprint density at radius 1 is 0.878 bits per heavy atom. The molecule has 0 bridgehead atoms. The van der Waals surface area contributed by atoms with E-state index in [0.29, 0.717) is 18.6 Å². The van der Waals surface area contributed by atoms with Crippen LogP contribution in [0.15, 0.2) is 85.2 Å². The highest BCUT2D eigenvalue weighted by molar-refractivity contribution is 5.92. The Morgan fingerprint density at radius 2 is 1.59 bits per heavy atom. The Kier molecular flexibility index (Phi) is 12.4. The summed E-state index contributed by atoms with van der Waals surface area (Å²) in [5, 5.41) is 8.27. The second kappa shape index (κ2) is 17.1. The summed E-state index contributed by atoms with van der Waals surface area (Å²) in [6, 6.07) is 19.0. The molecular weight excluding hydrogens is 628 g/mol. The van der Waals surface area contributed by atoms with Crippen LogP contribution in [0.1, 0.15) is 29.5 Å². The second-order valence-electron chi connectivity index (χ2n) is 12.5. The Balaban J connectivity index is 1.38. The average Bonchev–Trinajstić information content (AvgIpc) is 3.64. The molecule has 1 aliphatic heterocycles. The molecule has 5 rings (SSSR count). The number of fused-ring (bicyclic) bond motifs is 1. The van der Waals surface area contributed by atoms with Crippen molar-refractivity contribution in [3.8, 4) is 0 Å². The zero-order valence-corrected chi connectivity index (χ0v) is 27.9. The number of carbonyl (C=O) groups excluding carboxylic acids is 3. The van der Waals surface area contributed by atoms with Crippen molar-refractivity contribution in [2.45, 2.75) is 50.2 Å². The van der Waals surface area contributed by atoms with Crippen LogP contribution in [0.4, 0.5) is 8.78 Å².